The van der Waals surface area contributed by atoms with E-state index in [9.17, 15) is 26.4 Å². The van der Waals surface area contributed by atoms with Crippen LogP contribution >= 0.6 is 0 Å². The molecule has 1 aliphatic heterocycles. The van der Waals surface area contributed by atoms with Gasteiger partial charge in [-0.2, -0.15) is 18.3 Å². The van der Waals surface area contributed by atoms with Gasteiger partial charge in [0.25, 0.3) is 0 Å². The average Bonchev–Trinajstić information content (AvgIpc) is 3.35. The van der Waals surface area contributed by atoms with Gasteiger partial charge in [0.15, 0.2) is 21.3 Å². The Bertz CT molecular complexity index is 1550. The highest BCUT2D eigenvalue weighted by molar-refractivity contribution is 7.92. The SMILES string of the molecule is O=C(CS(=O)(=O)c1ccc2c(c1)OCCO2)NC/C(F)=C1\CCCc2cnn(-c3ccc(C(F)(F)F)cc3)c21. The summed E-state index contributed by atoms with van der Waals surface area (Å²) in [6.07, 6.45) is -1.42. The molecule has 2 aliphatic rings. The van der Waals surface area contributed by atoms with E-state index in [1.807, 2.05) is 0 Å². The number of fused-ring (bicyclic) bond motifs is 2. The first-order chi connectivity index (χ1) is 18.5. The van der Waals surface area contributed by atoms with E-state index >= 15 is 4.39 Å². The fourth-order valence-corrected chi connectivity index (χ4v) is 5.70. The number of rotatable bonds is 6. The van der Waals surface area contributed by atoms with Crippen LogP contribution in [0.1, 0.15) is 29.7 Å². The van der Waals surface area contributed by atoms with Crippen LogP contribution in [-0.2, 0) is 27.2 Å². The van der Waals surface area contributed by atoms with Crippen LogP contribution in [0.5, 0.6) is 11.5 Å². The molecule has 0 spiro atoms. The molecule has 1 amide bonds. The molecule has 2 heterocycles. The molecule has 0 saturated carbocycles. The largest absolute Gasteiger partial charge is 0.486 e. The summed E-state index contributed by atoms with van der Waals surface area (Å²) in [5, 5.41) is 6.56. The molecule has 0 radical (unpaired) electrons. The lowest BCUT2D eigenvalue weighted by Gasteiger charge is -2.19. The van der Waals surface area contributed by atoms with Crippen molar-refractivity contribution >= 4 is 21.3 Å². The third-order valence-corrected chi connectivity index (χ3v) is 8.02. The number of aryl methyl sites for hydroxylation is 1. The van der Waals surface area contributed by atoms with E-state index in [4.69, 9.17) is 9.47 Å². The molecule has 39 heavy (non-hydrogen) atoms. The molecule has 2 aromatic carbocycles. The van der Waals surface area contributed by atoms with Gasteiger partial charge in [-0.1, -0.05) is 0 Å². The highest BCUT2D eigenvalue weighted by Gasteiger charge is 2.31. The van der Waals surface area contributed by atoms with Crippen LogP contribution in [0.3, 0.4) is 0 Å². The van der Waals surface area contributed by atoms with Gasteiger partial charge in [-0.15, -0.1) is 0 Å². The molecule has 1 N–H and O–H groups in total. The Hall–Kier alpha value is -3.87. The minimum absolute atomic E-state index is 0.127. The number of ether oxygens (including phenoxy) is 2. The zero-order valence-electron chi connectivity index (χ0n) is 20.4. The van der Waals surface area contributed by atoms with E-state index in [1.165, 1.54) is 41.2 Å². The van der Waals surface area contributed by atoms with Crippen molar-refractivity contribution in [3.8, 4) is 17.2 Å². The first-order valence-corrected chi connectivity index (χ1v) is 13.7. The van der Waals surface area contributed by atoms with Crippen LogP contribution in [0.15, 0.2) is 59.4 Å². The highest BCUT2D eigenvalue weighted by atomic mass is 32.2. The Morgan fingerprint density at radius 1 is 1.03 bits per heavy atom. The molecular formula is C26H23F4N3O5S. The van der Waals surface area contributed by atoms with E-state index in [0.29, 0.717) is 43.0 Å². The van der Waals surface area contributed by atoms with E-state index < -0.39 is 45.6 Å². The average molecular weight is 566 g/mol. The van der Waals surface area contributed by atoms with Crippen molar-refractivity contribution in [2.45, 2.75) is 30.3 Å². The molecule has 13 heteroatoms. The minimum atomic E-state index is -4.49. The molecule has 1 aromatic heterocycles. The predicted octanol–water partition coefficient (Wildman–Crippen LogP) is 4.27. The number of alkyl halides is 3. The maximum Gasteiger partial charge on any atom is 0.416 e. The standard InChI is InChI=1S/C26H23F4N3O5S/c27-21(14-31-24(34)15-39(35,36)19-8-9-22-23(12-19)38-11-10-37-22)20-3-1-2-16-13-32-33(25(16)20)18-6-4-17(5-7-18)26(28,29)30/h4-9,12-13H,1-3,10-11,14-15H2,(H,31,34)/b21-20-. The lowest BCUT2D eigenvalue weighted by atomic mass is 9.92. The van der Waals surface area contributed by atoms with Crippen LogP contribution in [0.4, 0.5) is 17.6 Å². The van der Waals surface area contributed by atoms with Crippen molar-refractivity contribution in [3.05, 3.63) is 71.3 Å². The number of carbonyl (C=O) groups is 1. The van der Waals surface area contributed by atoms with E-state index in [2.05, 4.69) is 10.4 Å². The zero-order valence-corrected chi connectivity index (χ0v) is 21.2. The van der Waals surface area contributed by atoms with Gasteiger partial charge < -0.3 is 14.8 Å². The van der Waals surface area contributed by atoms with Crippen molar-refractivity contribution in [3.63, 3.8) is 0 Å². The second-order valence-corrected chi connectivity index (χ2v) is 11.0. The summed E-state index contributed by atoms with van der Waals surface area (Å²) in [4.78, 5) is 12.3. The molecule has 5 rings (SSSR count). The Labute approximate surface area is 221 Å². The number of sulfone groups is 1. The lowest BCUT2D eigenvalue weighted by Crippen LogP contribution is -2.31. The van der Waals surface area contributed by atoms with Gasteiger partial charge in [0.1, 0.15) is 24.8 Å². The quantitative estimate of drug-likeness (QED) is 0.449. The fraction of sp³-hybridized carbons (Fsp3) is 0.308. The number of aromatic nitrogens is 2. The number of halogens is 4. The summed E-state index contributed by atoms with van der Waals surface area (Å²) in [6.45, 7) is 0.0576. The van der Waals surface area contributed by atoms with Gasteiger partial charge in [0, 0.05) is 11.6 Å². The summed E-state index contributed by atoms with van der Waals surface area (Å²) in [6, 6.07) is 8.40. The number of amides is 1. The van der Waals surface area contributed by atoms with Crippen LogP contribution < -0.4 is 14.8 Å². The molecule has 0 fully saturated rings. The van der Waals surface area contributed by atoms with Crippen LogP contribution in [0.25, 0.3) is 11.3 Å². The number of hydrogen-bond donors (Lipinski definition) is 1. The second kappa shape index (κ2) is 10.4. The fourth-order valence-electron chi connectivity index (χ4n) is 4.52. The van der Waals surface area contributed by atoms with Crippen molar-refractivity contribution in [2.24, 2.45) is 0 Å². The second-order valence-electron chi connectivity index (χ2n) is 9.05. The van der Waals surface area contributed by atoms with Crippen LogP contribution in [0.2, 0.25) is 0 Å². The number of carbonyl (C=O) groups excluding carboxylic acids is 1. The molecule has 0 saturated heterocycles. The first kappa shape index (κ1) is 26.7. The van der Waals surface area contributed by atoms with Gasteiger partial charge in [-0.05, 0) is 61.2 Å². The van der Waals surface area contributed by atoms with Crippen molar-refractivity contribution < 1.29 is 40.2 Å². The number of nitrogens with zero attached hydrogens (tertiary/aromatic N) is 2. The van der Waals surface area contributed by atoms with Gasteiger partial charge in [0.05, 0.1) is 34.6 Å². The molecule has 3 aromatic rings. The predicted molar refractivity (Wildman–Crippen MR) is 132 cm³/mol. The van der Waals surface area contributed by atoms with Crippen LogP contribution in [-0.4, -0.2) is 49.6 Å². The Morgan fingerprint density at radius 2 is 1.74 bits per heavy atom. The smallest absolute Gasteiger partial charge is 0.416 e. The lowest BCUT2D eigenvalue weighted by molar-refractivity contribution is -0.137. The molecule has 0 unspecified atom stereocenters. The summed E-state index contributed by atoms with van der Waals surface area (Å²) in [5.41, 5.74) is 0.897. The monoisotopic (exact) mass is 565 g/mol. The minimum Gasteiger partial charge on any atom is -0.486 e. The van der Waals surface area contributed by atoms with E-state index in [1.54, 1.807) is 0 Å². The van der Waals surface area contributed by atoms with E-state index in [0.717, 1.165) is 17.7 Å². The molecule has 0 bridgehead atoms. The number of nitrogens with one attached hydrogen (secondary N) is 1. The zero-order chi connectivity index (χ0) is 27.8. The molecule has 8 nitrogen and oxygen atoms in total. The topological polar surface area (TPSA) is 99.5 Å². The third-order valence-electron chi connectivity index (χ3n) is 6.41. The van der Waals surface area contributed by atoms with Gasteiger partial charge in [-0.3, -0.25) is 4.79 Å². The van der Waals surface area contributed by atoms with Crippen molar-refractivity contribution in [1.82, 2.24) is 15.1 Å². The summed E-state index contributed by atoms with van der Waals surface area (Å²) in [7, 11) is -4.04. The van der Waals surface area contributed by atoms with Gasteiger partial charge in [-0.25, -0.2) is 17.5 Å². The Balaban J connectivity index is 1.31. The molecule has 206 valence electrons. The molecular weight excluding hydrogens is 542 g/mol. The maximum absolute atomic E-state index is 15.4. The van der Waals surface area contributed by atoms with E-state index in [-0.39, 0.29) is 22.8 Å². The normalized spacial score (nSPS) is 16.4. The van der Waals surface area contributed by atoms with Gasteiger partial charge in [0.2, 0.25) is 5.91 Å². The molecule has 1 aliphatic carbocycles. The number of benzene rings is 2. The van der Waals surface area contributed by atoms with Crippen molar-refractivity contribution in [1.29, 1.82) is 0 Å². The Morgan fingerprint density at radius 3 is 2.46 bits per heavy atom. The summed E-state index contributed by atoms with van der Waals surface area (Å²) < 4.78 is 91.9. The number of allylic oxidation sites excluding steroid dienone is 1. The van der Waals surface area contributed by atoms with Gasteiger partial charge >= 0.3 is 6.18 Å². The highest BCUT2D eigenvalue weighted by Crippen LogP contribution is 2.36. The molecule has 0 atom stereocenters. The number of hydrogen-bond acceptors (Lipinski definition) is 6. The summed E-state index contributed by atoms with van der Waals surface area (Å²) in [5.74, 6) is -1.82. The first-order valence-electron chi connectivity index (χ1n) is 12.0. The Kier molecular flexibility index (Phi) is 7.10. The third kappa shape index (κ3) is 5.63. The summed E-state index contributed by atoms with van der Waals surface area (Å²) >= 11 is 0. The maximum atomic E-state index is 15.4. The van der Waals surface area contributed by atoms with Crippen LogP contribution in [0, 0.1) is 0 Å². The van der Waals surface area contributed by atoms with Crippen molar-refractivity contribution in [2.75, 3.05) is 25.5 Å².